The van der Waals surface area contributed by atoms with Gasteiger partial charge in [0.15, 0.2) is 5.78 Å². The largest absolute Gasteiger partial charge is 0.468 e. The Hall–Kier alpha value is -1.46. The summed E-state index contributed by atoms with van der Waals surface area (Å²) in [5.41, 5.74) is -1.29. The number of hydrogen-bond acceptors (Lipinski definition) is 5. The van der Waals surface area contributed by atoms with Crippen LogP contribution in [-0.2, 0) is 14.3 Å². The molecule has 0 saturated heterocycles. The zero-order chi connectivity index (χ0) is 15.3. The van der Waals surface area contributed by atoms with E-state index in [1.807, 2.05) is 13.8 Å². The van der Waals surface area contributed by atoms with Gasteiger partial charge in [-0.1, -0.05) is 20.3 Å². The Balaban J connectivity index is 3.06. The molecule has 0 aromatic carbocycles. The molecule has 0 aromatic rings. The highest BCUT2D eigenvalue weighted by molar-refractivity contribution is 6.05. The van der Waals surface area contributed by atoms with Crippen LogP contribution in [0.3, 0.4) is 0 Å². The summed E-state index contributed by atoms with van der Waals surface area (Å²) in [6, 6.07) is 0. The second kappa shape index (κ2) is 6.81. The fourth-order valence-corrected chi connectivity index (χ4v) is 3.09. The molecule has 0 unspecified atom stereocenters. The van der Waals surface area contributed by atoms with Crippen molar-refractivity contribution in [1.82, 2.24) is 0 Å². The van der Waals surface area contributed by atoms with Gasteiger partial charge < -0.3 is 4.74 Å². The van der Waals surface area contributed by atoms with Gasteiger partial charge in [-0.05, 0) is 25.2 Å². The maximum atomic E-state index is 12.2. The number of methoxy groups -OCH3 is 1. The molecule has 0 amide bonds. The number of carbonyl (C=O) groups is 2. The van der Waals surface area contributed by atoms with E-state index in [0.717, 1.165) is 6.42 Å². The molecule has 1 aliphatic rings. The average Bonchev–Trinajstić information content (AvgIpc) is 2.75. The lowest BCUT2D eigenvalue weighted by Gasteiger charge is -2.31. The van der Waals surface area contributed by atoms with Crippen molar-refractivity contribution in [2.45, 2.75) is 46.0 Å². The summed E-state index contributed by atoms with van der Waals surface area (Å²) in [5, 5.41) is 10.9. The Morgan fingerprint density at radius 1 is 1.45 bits per heavy atom. The summed E-state index contributed by atoms with van der Waals surface area (Å²) < 4.78 is 4.79. The fraction of sp³-hybridized carbons (Fsp3) is 0.857. The first-order valence-corrected chi connectivity index (χ1v) is 7.08. The smallest absolute Gasteiger partial charge is 0.319 e. The van der Waals surface area contributed by atoms with Crippen molar-refractivity contribution in [2.75, 3.05) is 13.7 Å². The van der Waals surface area contributed by atoms with E-state index >= 15 is 0 Å². The highest BCUT2D eigenvalue weighted by Gasteiger charge is 2.56. The lowest BCUT2D eigenvalue weighted by Crippen LogP contribution is -2.46. The lowest BCUT2D eigenvalue weighted by atomic mass is 9.70. The first-order valence-electron chi connectivity index (χ1n) is 7.08. The van der Waals surface area contributed by atoms with Crippen molar-refractivity contribution in [3.05, 3.63) is 10.1 Å². The van der Waals surface area contributed by atoms with Crippen LogP contribution in [0.5, 0.6) is 0 Å². The second-order valence-corrected chi connectivity index (χ2v) is 5.92. The van der Waals surface area contributed by atoms with E-state index in [4.69, 9.17) is 4.74 Å². The van der Waals surface area contributed by atoms with E-state index < -0.39 is 22.2 Å². The van der Waals surface area contributed by atoms with E-state index in [1.54, 1.807) is 0 Å². The first-order chi connectivity index (χ1) is 9.34. The van der Waals surface area contributed by atoms with Crippen LogP contribution < -0.4 is 0 Å². The van der Waals surface area contributed by atoms with Gasteiger partial charge in [-0.3, -0.25) is 19.7 Å². The van der Waals surface area contributed by atoms with Crippen LogP contribution in [0.25, 0.3) is 0 Å². The van der Waals surface area contributed by atoms with Gasteiger partial charge in [0.05, 0.1) is 7.11 Å². The molecule has 1 saturated carbocycles. The average molecular weight is 285 g/mol. The number of ether oxygens (including phenoxy) is 1. The Morgan fingerprint density at radius 3 is 2.50 bits per heavy atom. The summed E-state index contributed by atoms with van der Waals surface area (Å²) in [4.78, 5) is 34.9. The molecule has 0 bridgehead atoms. The predicted octanol–water partition coefficient (Wildman–Crippen LogP) is 2.23. The zero-order valence-electron chi connectivity index (χ0n) is 12.4. The van der Waals surface area contributed by atoms with Crippen LogP contribution in [-0.4, -0.2) is 30.3 Å². The SMILES string of the molecule is COC(=O)[C@]1([C@@H](CCC(C)C)C[N+](=O)[O-])CCCC1=O. The Kier molecular flexibility index (Phi) is 5.65. The summed E-state index contributed by atoms with van der Waals surface area (Å²) in [6.07, 6.45) is 2.54. The summed E-state index contributed by atoms with van der Waals surface area (Å²) in [6.45, 7) is 3.68. The van der Waals surface area contributed by atoms with Crippen LogP contribution in [0, 0.1) is 27.4 Å². The molecule has 0 heterocycles. The number of esters is 1. The van der Waals surface area contributed by atoms with Gasteiger partial charge >= 0.3 is 5.97 Å². The van der Waals surface area contributed by atoms with Crippen LogP contribution in [0.1, 0.15) is 46.0 Å². The van der Waals surface area contributed by atoms with Crippen molar-refractivity contribution in [2.24, 2.45) is 17.3 Å². The molecule has 0 radical (unpaired) electrons. The number of ketones is 1. The maximum Gasteiger partial charge on any atom is 0.319 e. The van der Waals surface area contributed by atoms with Crippen LogP contribution in [0.15, 0.2) is 0 Å². The minimum atomic E-state index is -1.29. The number of hydrogen-bond donors (Lipinski definition) is 0. The van der Waals surface area contributed by atoms with E-state index in [9.17, 15) is 19.7 Å². The van der Waals surface area contributed by atoms with E-state index in [0.29, 0.717) is 31.6 Å². The second-order valence-electron chi connectivity index (χ2n) is 5.92. The third kappa shape index (κ3) is 3.35. The van der Waals surface area contributed by atoms with Crippen LogP contribution in [0.4, 0.5) is 0 Å². The van der Waals surface area contributed by atoms with E-state index in [2.05, 4.69) is 0 Å². The van der Waals surface area contributed by atoms with Gasteiger partial charge in [0.25, 0.3) is 0 Å². The first kappa shape index (κ1) is 16.6. The maximum absolute atomic E-state index is 12.2. The highest BCUT2D eigenvalue weighted by Crippen LogP contribution is 2.45. The number of nitro groups is 1. The van der Waals surface area contributed by atoms with Crippen molar-refractivity contribution in [1.29, 1.82) is 0 Å². The number of rotatable bonds is 7. The molecule has 0 N–H and O–H groups in total. The van der Waals surface area contributed by atoms with Gasteiger partial charge in [0.2, 0.25) is 6.54 Å². The van der Waals surface area contributed by atoms with Gasteiger partial charge in [0.1, 0.15) is 5.41 Å². The molecule has 2 atom stereocenters. The van der Waals surface area contributed by atoms with Gasteiger partial charge in [-0.15, -0.1) is 0 Å². The molecule has 114 valence electrons. The molecule has 0 aliphatic heterocycles. The highest BCUT2D eigenvalue weighted by atomic mass is 16.6. The molecule has 1 fully saturated rings. The van der Waals surface area contributed by atoms with E-state index in [-0.39, 0.29) is 12.3 Å². The van der Waals surface area contributed by atoms with Gasteiger partial charge in [-0.25, -0.2) is 0 Å². The quantitative estimate of drug-likeness (QED) is 0.310. The number of nitrogens with zero attached hydrogens (tertiary/aromatic N) is 1. The Bertz CT molecular complexity index is 393. The number of carbonyl (C=O) groups excluding carboxylic acids is 2. The molecule has 6 nitrogen and oxygen atoms in total. The third-order valence-electron chi connectivity index (χ3n) is 4.18. The van der Waals surface area contributed by atoms with Gasteiger partial charge in [-0.2, -0.15) is 0 Å². The monoisotopic (exact) mass is 285 g/mol. The zero-order valence-corrected chi connectivity index (χ0v) is 12.4. The predicted molar refractivity (Wildman–Crippen MR) is 72.7 cm³/mol. The fourth-order valence-electron chi connectivity index (χ4n) is 3.09. The third-order valence-corrected chi connectivity index (χ3v) is 4.18. The minimum absolute atomic E-state index is 0.194. The summed E-state index contributed by atoms with van der Waals surface area (Å²) >= 11 is 0. The van der Waals surface area contributed by atoms with E-state index in [1.165, 1.54) is 7.11 Å². The van der Waals surface area contributed by atoms with Crippen LogP contribution in [0.2, 0.25) is 0 Å². The molecule has 20 heavy (non-hydrogen) atoms. The normalized spacial score (nSPS) is 23.9. The molecular weight excluding hydrogens is 262 g/mol. The molecule has 0 spiro atoms. The minimum Gasteiger partial charge on any atom is -0.468 e. The van der Waals surface area contributed by atoms with Crippen molar-refractivity contribution >= 4 is 11.8 Å². The number of Topliss-reactive ketones (excluding diaryl/α,β-unsaturated/α-hetero) is 1. The summed E-state index contributed by atoms with van der Waals surface area (Å²) in [5.74, 6) is -0.992. The van der Waals surface area contributed by atoms with Crippen LogP contribution >= 0.6 is 0 Å². The molecule has 1 rings (SSSR count). The van der Waals surface area contributed by atoms with Crippen molar-refractivity contribution in [3.8, 4) is 0 Å². The topological polar surface area (TPSA) is 86.5 Å². The van der Waals surface area contributed by atoms with Gasteiger partial charge in [0, 0.05) is 17.3 Å². The summed E-state index contributed by atoms with van der Waals surface area (Å²) in [7, 11) is 1.24. The van der Waals surface area contributed by atoms with Crippen molar-refractivity contribution < 1.29 is 19.2 Å². The van der Waals surface area contributed by atoms with Crippen molar-refractivity contribution in [3.63, 3.8) is 0 Å². The Morgan fingerprint density at radius 2 is 2.10 bits per heavy atom. The standard InChI is InChI=1S/C14H23NO5/c1-10(2)6-7-11(9-15(18)19)14(13(17)20-3)8-4-5-12(14)16/h10-11H,4-9H2,1-3H3/t11-,14-/m0/s1. The lowest BCUT2D eigenvalue weighted by molar-refractivity contribution is -0.491. The molecule has 0 aromatic heterocycles. The molecule has 6 heteroatoms. The molecule has 1 aliphatic carbocycles. The Labute approximate surface area is 119 Å². The molecular formula is C14H23NO5.